The quantitative estimate of drug-likeness (QED) is 0.778. The van der Waals surface area contributed by atoms with Gasteiger partial charge in [-0.15, -0.1) is 0 Å². The number of amides is 1. The average Bonchev–Trinajstić information content (AvgIpc) is 2.92. The molecule has 3 rings (SSSR count). The number of fused-ring (bicyclic) bond motifs is 1. The minimum atomic E-state index is -0.0548. The molecule has 2 aromatic heterocycles. The smallest absolute Gasteiger partial charge is 0.255 e. The van der Waals surface area contributed by atoms with Gasteiger partial charge < -0.3 is 20.5 Å². The van der Waals surface area contributed by atoms with E-state index in [4.69, 9.17) is 0 Å². The molecule has 1 atom stereocenters. The van der Waals surface area contributed by atoms with Crippen molar-refractivity contribution in [1.29, 1.82) is 0 Å². The van der Waals surface area contributed by atoms with E-state index in [0.29, 0.717) is 17.3 Å². The fourth-order valence-corrected chi connectivity index (χ4v) is 2.65. The van der Waals surface area contributed by atoms with Gasteiger partial charge in [0.1, 0.15) is 17.8 Å². The molecule has 0 spiro atoms. The third kappa shape index (κ3) is 2.69. The van der Waals surface area contributed by atoms with Gasteiger partial charge in [-0.05, 0) is 19.4 Å². The van der Waals surface area contributed by atoms with Crippen LogP contribution in [0.2, 0.25) is 0 Å². The number of piperidine rings is 1. The summed E-state index contributed by atoms with van der Waals surface area (Å²) in [6, 6.07) is 0.328. The van der Waals surface area contributed by atoms with Crippen LogP contribution in [0.15, 0.2) is 12.5 Å². The molecule has 112 valence electrons. The van der Waals surface area contributed by atoms with Gasteiger partial charge in [-0.3, -0.25) is 4.79 Å². The molecule has 2 aromatic rings. The standard InChI is InChI=1S/C14H20N6O/c1-20(2)14(21)10-7-16-12-11(10)13(18-8-17-12)19-9-4-3-5-15-6-9/h7-9,15H,3-6H2,1-2H3,(H2,16,17,18,19)/t9-/m1/s1. The van der Waals surface area contributed by atoms with E-state index in [2.05, 4.69) is 25.6 Å². The van der Waals surface area contributed by atoms with Crippen LogP contribution in [0.25, 0.3) is 11.0 Å². The minimum Gasteiger partial charge on any atom is -0.365 e. The van der Waals surface area contributed by atoms with Crippen LogP contribution >= 0.6 is 0 Å². The lowest BCUT2D eigenvalue weighted by molar-refractivity contribution is 0.0829. The highest BCUT2D eigenvalue weighted by atomic mass is 16.2. The van der Waals surface area contributed by atoms with Crippen LogP contribution in [0.5, 0.6) is 0 Å². The predicted octanol–water partition coefficient (Wildman–Crippen LogP) is 0.824. The number of anilines is 1. The molecule has 1 aliphatic rings. The normalized spacial score (nSPS) is 18.7. The second-order valence-corrected chi connectivity index (χ2v) is 5.54. The van der Waals surface area contributed by atoms with Crippen molar-refractivity contribution in [3.63, 3.8) is 0 Å². The molecule has 7 nitrogen and oxygen atoms in total. The Morgan fingerprint density at radius 1 is 1.43 bits per heavy atom. The van der Waals surface area contributed by atoms with Crippen molar-refractivity contribution < 1.29 is 4.79 Å². The van der Waals surface area contributed by atoms with E-state index >= 15 is 0 Å². The molecule has 1 amide bonds. The van der Waals surface area contributed by atoms with E-state index in [9.17, 15) is 4.79 Å². The fraction of sp³-hybridized carbons (Fsp3) is 0.500. The van der Waals surface area contributed by atoms with Crippen LogP contribution < -0.4 is 10.6 Å². The highest BCUT2D eigenvalue weighted by Crippen LogP contribution is 2.25. The van der Waals surface area contributed by atoms with E-state index in [1.807, 2.05) is 0 Å². The highest BCUT2D eigenvalue weighted by molar-refractivity contribution is 6.09. The Morgan fingerprint density at radius 2 is 2.29 bits per heavy atom. The van der Waals surface area contributed by atoms with Crippen LogP contribution in [-0.2, 0) is 0 Å². The highest BCUT2D eigenvalue weighted by Gasteiger charge is 2.20. The zero-order chi connectivity index (χ0) is 14.8. The number of hydrogen-bond acceptors (Lipinski definition) is 5. The average molecular weight is 288 g/mol. The first-order chi connectivity index (χ1) is 10.2. The molecule has 1 aliphatic heterocycles. The van der Waals surface area contributed by atoms with Crippen molar-refractivity contribution in [2.45, 2.75) is 18.9 Å². The molecule has 3 heterocycles. The van der Waals surface area contributed by atoms with Gasteiger partial charge in [-0.2, -0.15) is 0 Å². The van der Waals surface area contributed by atoms with Gasteiger partial charge in [0.25, 0.3) is 5.91 Å². The second-order valence-electron chi connectivity index (χ2n) is 5.54. The number of rotatable bonds is 3. The Hall–Kier alpha value is -2.15. The summed E-state index contributed by atoms with van der Waals surface area (Å²) in [5.41, 5.74) is 1.28. The van der Waals surface area contributed by atoms with Gasteiger partial charge in [-0.25, -0.2) is 9.97 Å². The lowest BCUT2D eigenvalue weighted by Crippen LogP contribution is -2.38. The molecule has 0 radical (unpaired) electrons. The van der Waals surface area contributed by atoms with Gasteiger partial charge in [-0.1, -0.05) is 0 Å². The fourth-order valence-electron chi connectivity index (χ4n) is 2.65. The van der Waals surface area contributed by atoms with E-state index in [0.717, 1.165) is 37.1 Å². The summed E-state index contributed by atoms with van der Waals surface area (Å²) >= 11 is 0. The predicted molar refractivity (Wildman–Crippen MR) is 81.4 cm³/mol. The molecule has 0 unspecified atom stereocenters. The molecule has 7 heteroatoms. The SMILES string of the molecule is CN(C)C(=O)c1c[nH]c2ncnc(N[C@@H]3CCCNC3)c12. The summed E-state index contributed by atoms with van der Waals surface area (Å²) in [4.78, 5) is 25.4. The number of aromatic nitrogens is 3. The third-order valence-corrected chi connectivity index (χ3v) is 3.74. The number of hydrogen-bond donors (Lipinski definition) is 3. The molecule has 0 bridgehead atoms. The molecule has 0 aliphatic carbocycles. The summed E-state index contributed by atoms with van der Waals surface area (Å²) in [6.45, 7) is 1.97. The Kier molecular flexibility index (Phi) is 3.74. The zero-order valence-corrected chi connectivity index (χ0v) is 12.3. The van der Waals surface area contributed by atoms with Crippen molar-refractivity contribution in [3.05, 3.63) is 18.1 Å². The maximum Gasteiger partial charge on any atom is 0.255 e. The minimum absolute atomic E-state index is 0.0548. The van der Waals surface area contributed by atoms with Crippen LogP contribution in [0, 0.1) is 0 Å². The number of nitrogens with one attached hydrogen (secondary N) is 3. The van der Waals surface area contributed by atoms with Crippen LogP contribution in [0.3, 0.4) is 0 Å². The van der Waals surface area contributed by atoms with Gasteiger partial charge in [0.2, 0.25) is 0 Å². The Bertz CT molecular complexity index is 644. The van der Waals surface area contributed by atoms with Crippen LogP contribution in [-0.4, -0.2) is 59.0 Å². The maximum atomic E-state index is 12.3. The van der Waals surface area contributed by atoms with E-state index in [-0.39, 0.29) is 5.91 Å². The number of carbonyl (C=O) groups is 1. The third-order valence-electron chi connectivity index (χ3n) is 3.74. The van der Waals surface area contributed by atoms with Gasteiger partial charge in [0.15, 0.2) is 0 Å². The van der Waals surface area contributed by atoms with E-state index in [1.54, 1.807) is 25.2 Å². The van der Waals surface area contributed by atoms with Crippen molar-refractivity contribution >= 4 is 22.8 Å². The number of nitrogens with zero attached hydrogens (tertiary/aromatic N) is 3. The molecule has 0 aromatic carbocycles. The Labute approximate surface area is 123 Å². The lowest BCUT2D eigenvalue weighted by Gasteiger charge is -2.24. The summed E-state index contributed by atoms with van der Waals surface area (Å²) < 4.78 is 0. The van der Waals surface area contributed by atoms with E-state index < -0.39 is 0 Å². The first-order valence-electron chi connectivity index (χ1n) is 7.18. The van der Waals surface area contributed by atoms with Crippen molar-refractivity contribution in [2.24, 2.45) is 0 Å². The number of H-pyrrole nitrogens is 1. The summed E-state index contributed by atoms with van der Waals surface area (Å²) in [5, 5.41) is 7.57. The van der Waals surface area contributed by atoms with Crippen LogP contribution in [0.4, 0.5) is 5.82 Å². The van der Waals surface area contributed by atoms with Crippen molar-refractivity contribution in [2.75, 3.05) is 32.5 Å². The van der Waals surface area contributed by atoms with Crippen molar-refractivity contribution in [1.82, 2.24) is 25.2 Å². The molecule has 3 N–H and O–H groups in total. The summed E-state index contributed by atoms with van der Waals surface area (Å²) in [5.74, 6) is 0.668. The molecule has 0 saturated carbocycles. The van der Waals surface area contributed by atoms with Gasteiger partial charge in [0, 0.05) is 32.9 Å². The summed E-state index contributed by atoms with van der Waals surface area (Å²) in [6.07, 6.45) is 5.45. The van der Waals surface area contributed by atoms with Crippen LogP contribution in [0.1, 0.15) is 23.2 Å². The maximum absolute atomic E-state index is 12.3. The van der Waals surface area contributed by atoms with Gasteiger partial charge in [0.05, 0.1) is 10.9 Å². The van der Waals surface area contributed by atoms with E-state index in [1.165, 1.54) is 6.33 Å². The molecule has 1 saturated heterocycles. The van der Waals surface area contributed by atoms with Crippen molar-refractivity contribution in [3.8, 4) is 0 Å². The lowest BCUT2D eigenvalue weighted by atomic mass is 10.1. The molecular formula is C14H20N6O. The summed E-state index contributed by atoms with van der Waals surface area (Å²) in [7, 11) is 3.48. The van der Waals surface area contributed by atoms with Gasteiger partial charge >= 0.3 is 0 Å². The molecule has 1 fully saturated rings. The Morgan fingerprint density at radius 3 is 3.00 bits per heavy atom. The number of carbonyl (C=O) groups excluding carboxylic acids is 1. The first kappa shape index (κ1) is 13.8. The first-order valence-corrected chi connectivity index (χ1v) is 7.18. The molecular weight excluding hydrogens is 268 g/mol. The molecule has 21 heavy (non-hydrogen) atoms. The monoisotopic (exact) mass is 288 g/mol. The topological polar surface area (TPSA) is 85.9 Å². The largest absolute Gasteiger partial charge is 0.365 e. The zero-order valence-electron chi connectivity index (χ0n) is 12.3. The second kappa shape index (κ2) is 5.69. The Balaban J connectivity index is 1.97. The number of aromatic amines is 1.